The first-order valence-electron chi connectivity index (χ1n) is 7.09. The van der Waals surface area contributed by atoms with Crippen molar-refractivity contribution < 1.29 is 9.21 Å². The van der Waals surface area contributed by atoms with Crippen LogP contribution in [0.1, 0.15) is 23.8 Å². The Morgan fingerprint density at radius 1 is 1.30 bits per heavy atom. The summed E-state index contributed by atoms with van der Waals surface area (Å²) in [4.78, 5) is 37.5. The average Bonchev–Trinajstić information content (AvgIpc) is 2.89. The lowest BCUT2D eigenvalue weighted by Crippen LogP contribution is -2.26. The summed E-state index contributed by atoms with van der Waals surface area (Å²) in [5.41, 5.74) is 1.26. The lowest BCUT2D eigenvalue weighted by molar-refractivity contribution is 0.102. The predicted octanol–water partition coefficient (Wildman–Crippen LogP) is 1.34. The molecule has 3 aromatic rings. The molecule has 2 N–H and O–H groups in total. The zero-order valence-corrected chi connectivity index (χ0v) is 12.3. The van der Waals surface area contributed by atoms with Crippen molar-refractivity contribution in [2.24, 2.45) is 0 Å². The van der Waals surface area contributed by atoms with Gasteiger partial charge in [0.2, 0.25) is 0 Å². The van der Waals surface area contributed by atoms with Crippen LogP contribution in [0.2, 0.25) is 0 Å². The van der Waals surface area contributed by atoms with E-state index in [-0.39, 0.29) is 11.3 Å². The van der Waals surface area contributed by atoms with Gasteiger partial charge in [0.1, 0.15) is 5.69 Å². The van der Waals surface area contributed by atoms with Gasteiger partial charge in [-0.1, -0.05) is 6.92 Å². The van der Waals surface area contributed by atoms with Crippen molar-refractivity contribution >= 4 is 22.7 Å². The van der Waals surface area contributed by atoms with Gasteiger partial charge in [0.25, 0.3) is 11.5 Å². The molecule has 0 atom stereocenters. The first kappa shape index (κ1) is 14.8. The third kappa shape index (κ3) is 3.05. The van der Waals surface area contributed by atoms with Crippen molar-refractivity contribution in [3.63, 3.8) is 0 Å². The summed E-state index contributed by atoms with van der Waals surface area (Å²) in [5, 5.41) is 6.71. The van der Waals surface area contributed by atoms with Crippen molar-refractivity contribution in [2.45, 2.75) is 19.9 Å². The van der Waals surface area contributed by atoms with E-state index >= 15 is 0 Å². The number of carbonyl (C=O) groups is 1. The third-order valence-electron chi connectivity index (χ3n) is 3.21. The van der Waals surface area contributed by atoms with Crippen LogP contribution in [0.3, 0.4) is 0 Å². The Labute approximate surface area is 129 Å². The molecule has 1 amide bonds. The number of amides is 1. The maximum atomic E-state index is 12.2. The quantitative estimate of drug-likeness (QED) is 0.755. The fourth-order valence-electron chi connectivity index (χ4n) is 2.17. The van der Waals surface area contributed by atoms with Crippen LogP contribution in [0.4, 0.5) is 5.69 Å². The van der Waals surface area contributed by atoms with E-state index in [0.29, 0.717) is 23.3 Å². The number of nitrogens with one attached hydrogen (secondary N) is 2. The van der Waals surface area contributed by atoms with Gasteiger partial charge in [0.15, 0.2) is 5.58 Å². The van der Waals surface area contributed by atoms with Crippen LogP contribution in [0.25, 0.3) is 11.1 Å². The number of hydrogen-bond donors (Lipinski definition) is 2. The van der Waals surface area contributed by atoms with Gasteiger partial charge in [-0.3, -0.25) is 14.6 Å². The van der Waals surface area contributed by atoms with Crippen molar-refractivity contribution in [1.82, 2.24) is 14.8 Å². The molecule has 0 bridgehead atoms. The summed E-state index contributed by atoms with van der Waals surface area (Å²) in [6.07, 6.45) is 0.739. The summed E-state index contributed by atoms with van der Waals surface area (Å²) in [5.74, 6) is -1.00. The van der Waals surface area contributed by atoms with E-state index < -0.39 is 11.7 Å². The normalized spacial score (nSPS) is 10.8. The van der Waals surface area contributed by atoms with Crippen LogP contribution in [0, 0.1) is 0 Å². The summed E-state index contributed by atoms with van der Waals surface area (Å²) in [6.45, 7) is 2.37. The Morgan fingerprint density at radius 2 is 2.13 bits per heavy atom. The Balaban J connectivity index is 1.86. The van der Waals surface area contributed by atoms with Crippen LogP contribution in [0.15, 0.2) is 44.3 Å². The molecule has 0 radical (unpaired) electrons. The van der Waals surface area contributed by atoms with Crippen LogP contribution >= 0.6 is 0 Å². The minimum absolute atomic E-state index is 0.138. The second-order valence-corrected chi connectivity index (χ2v) is 4.96. The van der Waals surface area contributed by atoms with Crippen molar-refractivity contribution in [1.29, 1.82) is 0 Å². The molecule has 1 aromatic carbocycles. The predicted molar refractivity (Wildman–Crippen MR) is 83.6 cm³/mol. The second-order valence-electron chi connectivity index (χ2n) is 4.96. The molecule has 2 aromatic heterocycles. The molecule has 0 unspecified atom stereocenters. The monoisotopic (exact) mass is 314 g/mol. The number of hydrogen-bond acceptors (Lipinski definition) is 5. The molecule has 118 valence electrons. The lowest BCUT2D eigenvalue weighted by atomic mass is 10.2. The Hall–Kier alpha value is -3.16. The highest BCUT2D eigenvalue weighted by molar-refractivity contribution is 6.03. The van der Waals surface area contributed by atoms with Gasteiger partial charge in [-0.05, 0) is 30.7 Å². The molecule has 0 aliphatic rings. The van der Waals surface area contributed by atoms with Crippen LogP contribution in [-0.2, 0) is 6.54 Å². The number of aryl methyl sites for hydroxylation is 1. The third-order valence-corrected chi connectivity index (χ3v) is 3.21. The van der Waals surface area contributed by atoms with Crippen LogP contribution in [0.5, 0.6) is 0 Å². The van der Waals surface area contributed by atoms with E-state index in [1.54, 1.807) is 18.2 Å². The first-order chi connectivity index (χ1) is 11.1. The fraction of sp³-hybridized carbons (Fsp3) is 0.200. The second kappa shape index (κ2) is 5.91. The lowest BCUT2D eigenvalue weighted by Gasteiger charge is -2.07. The van der Waals surface area contributed by atoms with E-state index in [1.165, 1.54) is 16.8 Å². The minimum atomic E-state index is -0.559. The standard InChI is InChI=1S/C15H14N4O4/c1-2-7-19-13(20)6-4-10(18-19)14(21)16-9-3-5-12-11(8-9)17-15(22)23-12/h3-6,8H,2,7H2,1H3,(H,16,21)(H,17,22). The molecule has 0 spiro atoms. The molecule has 8 nitrogen and oxygen atoms in total. The molecular formula is C15H14N4O4. The molecule has 3 rings (SSSR count). The number of oxazole rings is 1. The Morgan fingerprint density at radius 3 is 2.91 bits per heavy atom. The number of H-pyrrole nitrogens is 1. The van der Waals surface area contributed by atoms with Crippen LogP contribution < -0.4 is 16.6 Å². The number of nitrogens with zero attached hydrogens (tertiary/aromatic N) is 2. The number of benzene rings is 1. The number of rotatable bonds is 4. The first-order valence-corrected chi connectivity index (χ1v) is 7.09. The van der Waals surface area contributed by atoms with E-state index in [9.17, 15) is 14.4 Å². The Kier molecular flexibility index (Phi) is 3.80. The molecule has 0 aliphatic heterocycles. The molecule has 0 saturated heterocycles. The topological polar surface area (TPSA) is 110 Å². The number of fused-ring (bicyclic) bond motifs is 1. The van der Waals surface area contributed by atoms with Gasteiger partial charge in [-0.15, -0.1) is 0 Å². The van der Waals surface area contributed by atoms with Gasteiger partial charge in [-0.2, -0.15) is 5.10 Å². The fourth-order valence-corrected chi connectivity index (χ4v) is 2.17. The van der Waals surface area contributed by atoms with Gasteiger partial charge in [-0.25, -0.2) is 9.48 Å². The van der Waals surface area contributed by atoms with Crippen molar-refractivity contribution in [3.8, 4) is 0 Å². The molecule has 0 fully saturated rings. The highest BCUT2D eigenvalue weighted by Gasteiger charge is 2.11. The molecule has 8 heteroatoms. The number of carbonyl (C=O) groups excluding carboxylic acids is 1. The summed E-state index contributed by atoms with van der Waals surface area (Å²) >= 11 is 0. The van der Waals surface area contributed by atoms with Gasteiger partial charge in [0, 0.05) is 18.3 Å². The molecule has 2 heterocycles. The maximum Gasteiger partial charge on any atom is 0.417 e. The zero-order chi connectivity index (χ0) is 16.4. The number of aromatic amines is 1. The van der Waals surface area contributed by atoms with Gasteiger partial charge >= 0.3 is 5.76 Å². The smallest absolute Gasteiger partial charge is 0.408 e. The molecule has 0 aliphatic carbocycles. The summed E-state index contributed by atoms with van der Waals surface area (Å²) in [6, 6.07) is 7.46. The SMILES string of the molecule is CCCn1nc(C(=O)Nc2ccc3oc(=O)[nH]c3c2)ccc1=O. The van der Waals surface area contributed by atoms with Gasteiger partial charge in [0.05, 0.1) is 5.52 Å². The summed E-state index contributed by atoms with van der Waals surface area (Å²) in [7, 11) is 0. The molecular weight excluding hydrogens is 300 g/mol. The zero-order valence-electron chi connectivity index (χ0n) is 12.3. The highest BCUT2D eigenvalue weighted by atomic mass is 16.4. The van der Waals surface area contributed by atoms with E-state index in [0.717, 1.165) is 6.42 Å². The molecule has 0 saturated carbocycles. The van der Waals surface area contributed by atoms with Crippen molar-refractivity contribution in [3.05, 3.63) is 56.9 Å². The number of aromatic nitrogens is 3. The van der Waals surface area contributed by atoms with Gasteiger partial charge < -0.3 is 9.73 Å². The van der Waals surface area contributed by atoms with Crippen LogP contribution in [-0.4, -0.2) is 20.7 Å². The largest absolute Gasteiger partial charge is 0.417 e. The average molecular weight is 314 g/mol. The summed E-state index contributed by atoms with van der Waals surface area (Å²) < 4.78 is 6.15. The minimum Gasteiger partial charge on any atom is -0.408 e. The Bertz CT molecular complexity index is 983. The van der Waals surface area contributed by atoms with E-state index in [1.807, 2.05) is 6.92 Å². The molecule has 23 heavy (non-hydrogen) atoms. The van der Waals surface area contributed by atoms with E-state index in [2.05, 4.69) is 15.4 Å². The maximum absolute atomic E-state index is 12.2. The van der Waals surface area contributed by atoms with Crippen molar-refractivity contribution in [2.75, 3.05) is 5.32 Å². The number of anilines is 1. The highest BCUT2D eigenvalue weighted by Crippen LogP contribution is 2.16. The van der Waals surface area contributed by atoms with E-state index in [4.69, 9.17) is 4.42 Å².